The van der Waals surface area contributed by atoms with E-state index in [2.05, 4.69) is 15.0 Å². The number of rotatable bonds is 4. The SMILES string of the molecule is Cc1nc(-c2cccnc2)ncc1C(=O)N1CCOC[C@H]1CC(=O)O. The molecule has 1 saturated heterocycles. The largest absolute Gasteiger partial charge is 0.481 e. The van der Waals surface area contributed by atoms with Crippen LogP contribution in [0.25, 0.3) is 11.4 Å². The number of carboxylic acids is 1. The van der Waals surface area contributed by atoms with Crippen molar-refractivity contribution in [3.8, 4) is 11.4 Å². The Balaban J connectivity index is 1.85. The number of morpholine rings is 1. The Morgan fingerprint density at radius 2 is 2.24 bits per heavy atom. The van der Waals surface area contributed by atoms with Gasteiger partial charge in [-0.2, -0.15) is 0 Å². The zero-order chi connectivity index (χ0) is 17.8. The molecule has 1 atom stereocenters. The van der Waals surface area contributed by atoms with Crippen LogP contribution in [0, 0.1) is 6.92 Å². The molecule has 1 N–H and O–H groups in total. The normalized spacial score (nSPS) is 17.3. The Bertz CT molecular complexity index is 781. The van der Waals surface area contributed by atoms with Gasteiger partial charge in [-0.1, -0.05) is 0 Å². The molecule has 0 saturated carbocycles. The van der Waals surface area contributed by atoms with Crippen LogP contribution in [0.2, 0.25) is 0 Å². The molecule has 0 unspecified atom stereocenters. The van der Waals surface area contributed by atoms with Crippen LogP contribution in [-0.4, -0.2) is 62.6 Å². The van der Waals surface area contributed by atoms with Gasteiger partial charge in [0.1, 0.15) is 0 Å². The summed E-state index contributed by atoms with van der Waals surface area (Å²) in [4.78, 5) is 38.1. The van der Waals surface area contributed by atoms with Crippen LogP contribution >= 0.6 is 0 Å². The molecule has 8 nitrogen and oxygen atoms in total. The zero-order valence-electron chi connectivity index (χ0n) is 13.8. The molecular weight excluding hydrogens is 324 g/mol. The number of carboxylic acid groups (broad SMARTS) is 1. The number of hydrogen-bond donors (Lipinski definition) is 1. The van der Waals surface area contributed by atoms with Gasteiger partial charge in [-0.3, -0.25) is 14.6 Å². The maximum absolute atomic E-state index is 12.8. The third-order valence-corrected chi connectivity index (χ3v) is 4.03. The van der Waals surface area contributed by atoms with Crippen LogP contribution < -0.4 is 0 Å². The minimum Gasteiger partial charge on any atom is -0.481 e. The molecule has 3 rings (SSSR count). The van der Waals surface area contributed by atoms with E-state index in [9.17, 15) is 9.59 Å². The fraction of sp³-hybridized carbons (Fsp3) is 0.353. The molecule has 2 aromatic heterocycles. The number of nitrogens with zero attached hydrogens (tertiary/aromatic N) is 4. The Labute approximate surface area is 144 Å². The highest BCUT2D eigenvalue weighted by Gasteiger charge is 2.31. The van der Waals surface area contributed by atoms with Crippen LogP contribution in [0.5, 0.6) is 0 Å². The summed E-state index contributed by atoms with van der Waals surface area (Å²) in [7, 11) is 0. The Morgan fingerprint density at radius 3 is 2.92 bits per heavy atom. The topological polar surface area (TPSA) is 106 Å². The first-order chi connectivity index (χ1) is 12.1. The summed E-state index contributed by atoms with van der Waals surface area (Å²) in [5.41, 5.74) is 1.67. The first kappa shape index (κ1) is 17.0. The summed E-state index contributed by atoms with van der Waals surface area (Å²) in [6.45, 7) is 2.68. The van der Waals surface area contributed by atoms with E-state index < -0.39 is 12.0 Å². The maximum atomic E-state index is 12.8. The number of carbonyl (C=O) groups excluding carboxylic acids is 1. The second kappa shape index (κ2) is 7.35. The number of hydrogen-bond acceptors (Lipinski definition) is 6. The average Bonchev–Trinajstić information content (AvgIpc) is 2.62. The Hall–Kier alpha value is -2.87. The number of carbonyl (C=O) groups is 2. The van der Waals surface area contributed by atoms with Crippen LogP contribution in [0.1, 0.15) is 22.5 Å². The van der Waals surface area contributed by atoms with Crippen molar-refractivity contribution < 1.29 is 19.4 Å². The van der Waals surface area contributed by atoms with Gasteiger partial charge in [-0.05, 0) is 19.1 Å². The molecule has 2 aromatic rings. The third kappa shape index (κ3) is 3.80. The molecular formula is C17H18N4O4. The Morgan fingerprint density at radius 1 is 1.40 bits per heavy atom. The lowest BCUT2D eigenvalue weighted by Gasteiger charge is -2.35. The van der Waals surface area contributed by atoms with E-state index in [0.29, 0.717) is 30.2 Å². The number of aliphatic carboxylic acids is 1. The molecule has 0 bridgehead atoms. The van der Waals surface area contributed by atoms with Gasteiger partial charge in [-0.25, -0.2) is 9.97 Å². The maximum Gasteiger partial charge on any atom is 0.305 e. The molecule has 130 valence electrons. The van der Waals surface area contributed by atoms with Crippen molar-refractivity contribution in [3.05, 3.63) is 42.0 Å². The molecule has 25 heavy (non-hydrogen) atoms. The van der Waals surface area contributed by atoms with Gasteiger partial charge in [0.15, 0.2) is 5.82 Å². The van der Waals surface area contributed by atoms with Crippen LogP contribution in [0.15, 0.2) is 30.7 Å². The van der Waals surface area contributed by atoms with E-state index in [1.165, 1.54) is 11.1 Å². The molecule has 8 heteroatoms. The summed E-state index contributed by atoms with van der Waals surface area (Å²) in [5, 5.41) is 9.03. The molecule has 3 heterocycles. The van der Waals surface area contributed by atoms with Crippen LogP contribution in [0.4, 0.5) is 0 Å². The lowest BCUT2D eigenvalue weighted by atomic mass is 10.1. The number of pyridine rings is 1. The number of aromatic nitrogens is 3. The molecule has 0 spiro atoms. The van der Waals surface area contributed by atoms with Crippen molar-refractivity contribution in [1.82, 2.24) is 19.9 Å². The molecule has 1 amide bonds. The molecule has 0 aromatic carbocycles. The first-order valence-electron chi connectivity index (χ1n) is 7.91. The van der Waals surface area contributed by atoms with Gasteiger partial charge >= 0.3 is 5.97 Å². The highest BCUT2D eigenvalue weighted by molar-refractivity contribution is 5.95. The number of ether oxygens (including phenoxy) is 1. The molecule has 1 aliphatic rings. The lowest BCUT2D eigenvalue weighted by Crippen LogP contribution is -2.49. The monoisotopic (exact) mass is 342 g/mol. The Kier molecular flexibility index (Phi) is 4.99. The van der Waals surface area contributed by atoms with Gasteiger partial charge in [0.25, 0.3) is 5.91 Å². The van der Waals surface area contributed by atoms with E-state index in [1.807, 2.05) is 6.07 Å². The van der Waals surface area contributed by atoms with Gasteiger partial charge < -0.3 is 14.7 Å². The van der Waals surface area contributed by atoms with E-state index in [1.54, 1.807) is 25.4 Å². The van der Waals surface area contributed by atoms with Gasteiger partial charge in [-0.15, -0.1) is 0 Å². The second-order valence-corrected chi connectivity index (χ2v) is 5.76. The lowest BCUT2D eigenvalue weighted by molar-refractivity contribution is -0.139. The average molecular weight is 342 g/mol. The number of amides is 1. The third-order valence-electron chi connectivity index (χ3n) is 4.03. The van der Waals surface area contributed by atoms with Crippen molar-refractivity contribution in [3.63, 3.8) is 0 Å². The molecule has 0 aliphatic carbocycles. The van der Waals surface area contributed by atoms with Crippen molar-refractivity contribution in [1.29, 1.82) is 0 Å². The van der Waals surface area contributed by atoms with E-state index in [4.69, 9.17) is 9.84 Å². The summed E-state index contributed by atoms with van der Waals surface area (Å²) in [6.07, 6.45) is 4.65. The van der Waals surface area contributed by atoms with E-state index in [0.717, 1.165) is 5.56 Å². The standard InChI is InChI=1S/C17H18N4O4/c1-11-14(9-19-16(20-11)12-3-2-4-18-8-12)17(24)21-5-6-25-10-13(21)7-15(22)23/h2-4,8-9,13H,5-7,10H2,1H3,(H,22,23)/t13-/m1/s1. The number of aryl methyl sites for hydroxylation is 1. The second-order valence-electron chi connectivity index (χ2n) is 5.76. The van der Waals surface area contributed by atoms with Crippen molar-refractivity contribution in [2.45, 2.75) is 19.4 Å². The quantitative estimate of drug-likeness (QED) is 0.889. The molecule has 0 radical (unpaired) electrons. The van der Waals surface area contributed by atoms with Crippen molar-refractivity contribution >= 4 is 11.9 Å². The zero-order valence-corrected chi connectivity index (χ0v) is 13.8. The fourth-order valence-corrected chi connectivity index (χ4v) is 2.76. The van der Waals surface area contributed by atoms with Crippen LogP contribution in [0.3, 0.4) is 0 Å². The summed E-state index contributed by atoms with van der Waals surface area (Å²) in [6, 6.07) is 3.14. The van der Waals surface area contributed by atoms with Gasteiger partial charge in [0.05, 0.1) is 36.9 Å². The minimum atomic E-state index is -0.965. The predicted molar refractivity (Wildman–Crippen MR) is 87.9 cm³/mol. The highest BCUT2D eigenvalue weighted by Crippen LogP contribution is 2.19. The van der Waals surface area contributed by atoms with Crippen molar-refractivity contribution in [2.24, 2.45) is 0 Å². The van der Waals surface area contributed by atoms with Gasteiger partial charge in [0.2, 0.25) is 0 Å². The van der Waals surface area contributed by atoms with E-state index in [-0.39, 0.29) is 18.9 Å². The predicted octanol–water partition coefficient (Wildman–Crippen LogP) is 1.16. The first-order valence-corrected chi connectivity index (χ1v) is 7.91. The molecule has 1 aliphatic heterocycles. The summed E-state index contributed by atoms with van der Waals surface area (Å²) in [5.74, 6) is -0.746. The van der Waals surface area contributed by atoms with E-state index >= 15 is 0 Å². The van der Waals surface area contributed by atoms with Gasteiger partial charge in [0, 0.05) is 30.7 Å². The fourth-order valence-electron chi connectivity index (χ4n) is 2.76. The summed E-state index contributed by atoms with van der Waals surface area (Å²) >= 11 is 0. The highest BCUT2D eigenvalue weighted by atomic mass is 16.5. The van der Waals surface area contributed by atoms with Crippen LogP contribution in [-0.2, 0) is 9.53 Å². The van der Waals surface area contributed by atoms with Crippen molar-refractivity contribution in [2.75, 3.05) is 19.8 Å². The smallest absolute Gasteiger partial charge is 0.305 e. The summed E-state index contributed by atoms with van der Waals surface area (Å²) < 4.78 is 5.31. The minimum absolute atomic E-state index is 0.153. The molecule has 1 fully saturated rings.